The maximum absolute atomic E-state index is 13.1. The summed E-state index contributed by atoms with van der Waals surface area (Å²) in [6.07, 6.45) is 2.13. The molecule has 3 N–H and O–H groups in total. The first kappa shape index (κ1) is 18.0. The molecule has 0 bridgehead atoms. The smallest absolute Gasteiger partial charge is 0.188 e. The van der Waals surface area contributed by atoms with Crippen LogP contribution < -0.4 is 20.5 Å². The van der Waals surface area contributed by atoms with Crippen molar-refractivity contribution in [3.63, 3.8) is 0 Å². The fraction of sp³-hybridized carbons (Fsp3) is 0.350. The molecule has 0 unspecified atom stereocenters. The third kappa shape index (κ3) is 4.07. The summed E-state index contributed by atoms with van der Waals surface area (Å²) in [5.74, 6) is 1.53. The number of aliphatic imine (C=N–C) groups is 1. The van der Waals surface area contributed by atoms with Gasteiger partial charge in [0.05, 0.1) is 20.8 Å². The van der Waals surface area contributed by atoms with Gasteiger partial charge in [0.25, 0.3) is 0 Å². The van der Waals surface area contributed by atoms with Crippen LogP contribution in [-0.2, 0) is 12.0 Å². The van der Waals surface area contributed by atoms with E-state index >= 15 is 0 Å². The van der Waals surface area contributed by atoms with E-state index in [2.05, 4.69) is 10.3 Å². The molecular weight excluding hydrogens is 333 g/mol. The Hall–Kier alpha value is -2.76. The van der Waals surface area contributed by atoms with Crippen LogP contribution in [0.2, 0.25) is 0 Å². The third-order valence-electron chi connectivity index (χ3n) is 4.80. The molecule has 1 aliphatic rings. The summed E-state index contributed by atoms with van der Waals surface area (Å²) in [6, 6.07) is 12.4. The molecule has 0 heterocycles. The van der Waals surface area contributed by atoms with Gasteiger partial charge in [0.15, 0.2) is 17.5 Å². The van der Waals surface area contributed by atoms with Crippen LogP contribution in [0.25, 0.3) is 0 Å². The second-order valence-electron chi connectivity index (χ2n) is 6.53. The Balaban J connectivity index is 1.58. The minimum Gasteiger partial charge on any atom is -0.493 e. The summed E-state index contributed by atoms with van der Waals surface area (Å²) in [7, 11) is 3.21. The first-order valence-corrected chi connectivity index (χ1v) is 8.57. The van der Waals surface area contributed by atoms with Crippen LogP contribution in [0.1, 0.15) is 24.0 Å². The molecule has 0 atom stereocenters. The normalized spacial score (nSPS) is 15.4. The van der Waals surface area contributed by atoms with Crippen LogP contribution in [0.4, 0.5) is 4.39 Å². The number of benzene rings is 2. The number of halogens is 1. The van der Waals surface area contributed by atoms with Gasteiger partial charge in [-0.25, -0.2) is 9.38 Å². The standard InChI is InChI=1S/C20H24FN3O2/c1-25-17-8-3-14(11-18(17)26-2)12-23-19(22)24-13-20(9-10-20)15-4-6-16(21)7-5-15/h3-8,11H,9-10,12-13H2,1-2H3,(H3,22,23,24). The summed E-state index contributed by atoms with van der Waals surface area (Å²) < 4.78 is 23.6. The minimum atomic E-state index is -0.214. The van der Waals surface area contributed by atoms with Crippen molar-refractivity contribution in [2.45, 2.75) is 24.8 Å². The maximum Gasteiger partial charge on any atom is 0.188 e. The molecular formula is C20H24FN3O2. The van der Waals surface area contributed by atoms with Crippen LogP contribution >= 0.6 is 0 Å². The molecule has 0 amide bonds. The van der Waals surface area contributed by atoms with E-state index in [1.807, 2.05) is 30.3 Å². The maximum atomic E-state index is 13.1. The predicted molar refractivity (Wildman–Crippen MR) is 100 cm³/mol. The molecule has 2 aromatic rings. The molecule has 0 saturated heterocycles. The van der Waals surface area contributed by atoms with Gasteiger partial charge < -0.3 is 20.5 Å². The summed E-state index contributed by atoms with van der Waals surface area (Å²) >= 11 is 0. The largest absolute Gasteiger partial charge is 0.493 e. The molecule has 3 rings (SSSR count). The van der Waals surface area contributed by atoms with E-state index in [1.165, 1.54) is 12.1 Å². The molecule has 2 aromatic carbocycles. The lowest BCUT2D eigenvalue weighted by Gasteiger charge is -2.17. The fourth-order valence-corrected chi connectivity index (χ4v) is 2.99. The Morgan fingerprint density at radius 3 is 2.42 bits per heavy atom. The van der Waals surface area contributed by atoms with E-state index in [9.17, 15) is 4.39 Å². The van der Waals surface area contributed by atoms with E-state index in [-0.39, 0.29) is 11.2 Å². The topological polar surface area (TPSA) is 68.9 Å². The van der Waals surface area contributed by atoms with Crippen molar-refractivity contribution < 1.29 is 13.9 Å². The fourth-order valence-electron chi connectivity index (χ4n) is 2.99. The number of hydrogen-bond acceptors (Lipinski definition) is 3. The Morgan fingerprint density at radius 1 is 1.12 bits per heavy atom. The molecule has 1 aliphatic carbocycles. The summed E-state index contributed by atoms with van der Waals surface area (Å²) in [6.45, 7) is 1.14. The molecule has 0 radical (unpaired) electrons. The highest BCUT2D eigenvalue weighted by Gasteiger charge is 2.44. The lowest BCUT2D eigenvalue weighted by molar-refractivity contribution is 0.354. The Kier molecular flexibility index (Phi) is 5.30. The summed E-state index contributed by atoms with van der Waals surface area (Å²) in [5, 5.41) is 3.20. The molecule has 0 aliphatic heterocycles. The van der Waals surface area contributed by atoms with E-state index in [1.54, 1.807) is 14.2 Å². The van der Waals surface area contributed by atoms with Gasteiger partial charge in [0, 0.05) is 12.0 Å². The predicted octanol–water partition coefficient (Wildman–Crippen LogP) is 2.98. The highest BCUT2D eigenvalue weighted by molar-refractivity contribution is 5.78. The van der Waals surface area contributed by atoms with Crippen LogP contribution in [0.5, 0.6) is 11.5 Å². The Bertz CT molecular complexity index is 786. The molecule has 0 aromatic heterocycles. The van der Waals surface area contributed by atoms with E-state index in [0.717, 1.165) is 24.0 Å². The molecule has 6 heteroatoms. The molecule has 26 heavy (non-hydrogen) atoms. The monoisotopic (exact) mass is 357 g/mol. The molecule has 0 spiro atoms. The van der Waals surface area contributed by atoms with Gasteiger partial charge in [-0.05, 0) is 48.2 Å². The third-order valence-corrected chi connectivity index (χ3v) is 4.80. The average molecular weight is 357 g/mol. The number of guanidine groups is 1. The van der Waals surface area contributed by atoms with Crippen LogP contribution in [0, 0.1) is 5.82 Å². The molecule has 138 valence electrons. The average Bonchev–Trinajstić information content (AvgIpc) is 3.46. The first-order valence-electron chi connectivity index (χ1n) is 8.57. The lowest BCUT2D eigenvalue weighted by Crippen LogP contribution is -2.37. The van der Waals surface area contributed by atoms with Crippen LogP contribution in [-0.4, -0.2) is 26.7 Å². The first-order chi connectivity index (χ1) is 12.6. The zero-order valence-corrected chi connectivity index (χ0v) is 15.1. The van der Waals surface area contributed by atoms with Crippen LogP contribution in [0.15, 0.2) is 47.5 Å². The number of nitrogens with zero attached hydrogens (tertiary/aromatic N) is 1. The molecule has 1 fully saturated rings. The van der Waals surface area contributed by atoms with E-state index in [0.29, 0.717) is 30.5 Å². The lowest BCUT2D eigenvalue weighted by atomic mass is 9.96. The van der Waals surface area contributed by atoms with Gasteiger partial charge in [-0.15, -0.1) is 0 Å². The van der Waals surface area contributed by atoms with Gasteiger partial charge in [-0.2, -0.15) is 0 Å². The van der Waals surface area contributed by atoms with Gasteiger partial charge in [0.2, 0.25) is 0 Å². The van der Waals surface area contributed by atoms with E-state index < -0.39 is 0 Å². The summed E-state index contributed by atoms with van der Waals surface area (Å²) in [4.78, 5) is 4.39. The van der Waals surface area contributed by atoms with Crippen molar-refractivity contribution in [3.05, 3.63) is 59.4 Å². The number of hydrogen-bond donors (Lipinski definition) is 2. The van der Waals surface area contributed by atoms with Crippen molar-refractivity contribution in [1.82, 2.24) is 5.32 Å². The highest BCUT2D eigenvalue weighted by atomic mass is 19.1. The SMILES string of the molecule is COc1ccc(CN=C(N)NCC2(c3ccc(F)cc3)CC2)cc1OC. The zero-order chi connectivity index (χ0) is 18.6. The van der Waals surface area contributed by atoms with Crippen molar-refractivity contribution >= 4 is 5.96 Å². The number of methoxy groups -OCH3 is 2. The minimum absolute atomic E-state index is 0.0389. The number of nitrogens with two attached hydrogens (primary N) is 1. The molecule has 5 nitrogen and oxygen atoms in total. The Morgan fingerprint density at radius 2 is 1.81 bits per heavy atom. The number of nitrogens with one attached hydrogen (secondary N) is 1. The van der Waals surface area contributed by atoms with Crippen molar-refractivity contribution in [2.75, 3.05) is 20.8 Å². The van der Waals surface area contributed by atoms with Gasteiger partial charge in [-0.3, -0.25) is 0 Å². The van der Waals surface area contributed by atoms with Crippen LogP contribution in [0.3, 0.4) is 0 Å². The zero-order valence-electron chi connectivity index (χ0n) is 15.1. The van der Waals surface area contributed by atoms with Crippen molar-refractivity contribution in [2.24, 2.45) is 10.7 Å². The van der Waals surface area contributed by atoms with Gasteiger partial charge >= 0.3 is 0 Å². The van der Waals surface area contributed by atoms with Gasteiger partial charge in [-0.1, -0.05) is 18.2 Å². The molecule has 1 saturated carbocycles. The van der Waals surface area contributed by atoms with Crippen molar-refractivity contribution in [1.29, 1.82) is 0 Å². The quantitative estimate of drug-likeness (QED) is 0.590. The summed E-state index contributed by atoms with van der Waals surface area (Å²) in [5.41, 5.74) is 8.16. The number of rotatable bonds is 7. The van der Waals surface area contributed by atoms with E-state index in [4.69, 9.17) is 15.2 Å². The van der Waals surface area contributed by atoms with Crippen molar-refractivity contribution in [3.8, 4) is 11.5 Å². The van der Waals surface area contributed by atoms with Gasteiger partial charge in [0.1, 0.15) is 5.82 Å². The highest BCUT2D eigenvalue weighted by Crippen LogP contribution is 2.47. The number of ether oxygens (including phenoxy) is 2. The Labute approximate surface area is 153 Å². The second kappa shape index (κ2) is 7.64. The second-order valence-corrected chi connectivity index (χ2v) is 6.53.